The van der Waals surface area contributed by atoms with E-state index < -0.39 is 0 Å². The molecule has 2 aromatic rings. The van der Waals surface area contributed by atoms with Gasteiger partial charge in [-0.2, -0.15) is 9.67 Å². The summed E-state index contributed by atoms with van der Waals surface area (Å²) >= 11 is 0. The lowest BCUT2D eigenvalue weighted by Gasteiger charge is -2.18. The summed E-state index contributed by atoms with van der Waals surface area (Å²) in [6.45, 7) is 2.07. The molecule has 100 valence electrons. The third-order valence-electron chi connectivity index (χ3n) is 3.96. The SMILES string of the molecule is Cc1ccccc1-n1nc(C2CCCCC2)nc1N. The van der Waals surface area contributed by atoms with Crippen molar-refractivity contribution >= 4 is 5.95 Å². The van der Waals surface area contributed by atoms with E-state index in [0.29, 0.717) is 11.9 Å². The molecule has 1 aromatic carbocycles. The molecule has 1 aliphatic rings. The van der Waals surface area contributed by atoms with Crippen LogP contribution in [0.15, 0.2) is 24.3 Å². The first-order valence-electron chi connectivity index (χ1n) is 7.04. The second-order valence-corrected chi connectivity index (χ2v) is 5.36. The Hall–Kier alpha value is -1.84. The summed E-state index contributed by atoms with van der Waals surface area (Å²) < 4.78 is 1.78. The Morgan fingerprint density at radius 3 is 2.63 bits per heavy atom. The van der Waals surface area contributed by atoms with Crippen LogP contribution < -0.4 is 5.73 Å². The maximum absolute atomic E-state index is 6.04. The standard InChI is InChI=1S/C15H20N4/c1-11-7-5-6-10-13(11)19-15(16)17-14(18-19)12-8-3-2-4-9-12/h5-7,10,12H,2-4,8-9H2,1H3,(H2,16,17,18). The summed E-state index contributed by atoms with van der Waals surface area (Å²) in [7, 11) is 0. The molecule has 4 heteroatoms. The number of hydrogen-bond acceptors (Lipinski definition) is 3. The van der Waals surface area contributed by atoms with Crippen molar-refractivity contribution in [3.8, 4) is 5.69 Å². The number of para-hydroxylation sites is 1. The number of anilines is 1. The number of hydrogen-bond donors (Lipinski definition) is 1. The number of aromatic nitrogens is 3. The van der Waals surface area contributed by atoms with Crippen LogP contribution in [0, 0.1) is 6.92 Å². The van der Waals surface area contributed by atoms with Crippen LogP contribution in [0.5, 0.6) is 0 Å². The van der Waals surface area contributed by atoms with Gasteiger partial charge in [0.2, 0.25) is 5.95 Å². The third kappa shape index (κ3) is 2.35. The van der Waals surface area contributed by atoms with E-state index >= 15 is 0 Å². The lowest BCUT2D eigenvalue weighted by atomic mass is 9.89. The predicted molar refractivity (Wildman–Crippen MR) is 76.3 cm³/mol. The predicted octanol–water partition coefficient (Wildman–Crippen LogP) is 3.21. The van der Waals surface area contributed by atoms with Crippen molar-refractivity contribution in [2.75, 3.05) is 5.73 Å². The summed E-state index contributed by atoms with van der Waals surface area (Å²) in [6.07, 6.45) is 6.28. The summed E-state index contributed by atoms with van der Waals surface area (Å²) in [5.74, 6) is 1.90. The second-order valence-electron chi connectivity index (χ2n) is 5.36. The van der Waals surface area contributed by atoms with E-state index in [1.54, 1.807) is 4.68 Å². The summed E-state index contributed by atoms with van der Waals surface area (Å²) in [4.78, 5) is 4.48. The Bertz CT molecular complexity index is 567. The number of nitrogens with zero attached hydrogens (tertiary/aromatic N) is 3. The molecule has 0 amide bonds. The molecular weight excluding hydrogens is 236 g/mol. The first-order valence-corrected chi connectivity index (χ1v) is 7.04. The smallest absolute Gasteiger partial charge is 0.223 e. The quantitative estimate of drug-likeness (QED) is 0.897. The maximum atomic E-state index is 6.04. The first kappa shape index (κ1) is 12.2. The molecule has 0 radical (unpaired) electrons. The van der Waals surface area contributed by atoms with Gasteiger partial charge >= 0.3 is 0 Å². The molecule has 0 saturated heterocycles. The van der Waals surface area contributed by atoms with Crippen molar-refractivity contribution in [2.24, 2.45) is 0 Å². The molecule has 1 aliphatic carbocycles. The molecule has 3 rings (SSSR count). The fourth-order valence-corrected chi connectivity index (χ4v) is 2.85. The van der Waals surface area contributed by atoms with Crippen molar-refractivity contribution < 1.29 is 0 Å². The van der Waals surface area contributed by atoms with Crippen LogP contribution in [-0.2, 0) is 0 Å². The van der Waals surface area contributed by atoms with Crippen LogP contribution in [0.1, 0.15) is 49.4 Å². The molecule has 1 heterocycles. The highest BCUT2D eigenvalue weighted by atomic mass is 15.4. The molecule has 1 saturated carbocycles. The minimum Gasteiger partial charge on any atom is -0.368 e. The van der Waals surface area contributed by atoms with E-state index in [1.807, 2.05) is 18.2 Å². The molecule has 2 N–H and O–H groups in total. The molecule has 0 spiro atoms. The number of benzene rings is 1. The van der Waals surface area contributed by atoms with Crippen molar-refractivity contribution in [1.29, 1.82) is 0 Å². The summed E-state index contributed by atoms with van der Waals surface area (Å²) in [5.41, 5.74) is 8.22. The zero-order chi connectivity index (χ0) is 13.2. The fraction of sp³-hybridized carbons (Fsp3) is 0.467. The van der Waals surface area contributed by atoms with Gasteiger partial charge in [0.05, 0.1) is 5.69 Å². The molecule has 0 unspecified atom stereocenters. The highest BCUT2D eigenvalue weighted by Gasteiger charge is 2.21. The van der Waals surface area contributed by atoms with E-state index in [2.05, 4.69) is 23.1 Å². The van der Waals surface area contributed by atoms with Crippen LogP contribution >= 0.6 is 0 Å². The third-order valence-corrected chi connectivity index (χ3v) is 3.96. The van der Waals surface area contributed by atoms with E-state index in [-0.39, 0.29) is 0 Å². The number of aryl methyl sites for hydroxylation is 1. The van der Waals surface area contributed by atoms with Gasteiger partial charge in [0.15, 0.2) is 5.82 Å². The van der Waals surface area contributed by atoms with Crippen LogP contribution in [0.25, 0.3) is 5.69 Å². The van der Waals surface area contributed by atoms with E-state index in [0.717, 1.165) is 17.1 Å². The van der Waals surface area contributed by atoms with Crippen molar-refractivity contribution in [3.63, 3.8) is 0 Å². The Kier molecular flexibility index (Phi) is 3.23. The largest absolute Gasteiger partial charge is 0.368 e. The Morgan fingerprint density at radius 2 is 1.89 bits per heavy atom. The molecule has 19 heavy (non-hydrogen) atoms. The lowest BCUT2D eigenvalue weighted by Crippen LogP contribution is -2.07. The van der Waals surface area contributed by atoms with Gasteiger partial charge in [0.25, 0.3) is 0 Å². The molecule has 1 aromatic heterocycles. The van der Waals surface area contributed by atoms with Crippen molar-refractivity contribution in [2.45, 2.75) is 44.9 Å². The number of nitrogens with two attached hydrogens (primary N) is 1. The first-order chi connectivity index (χ1) is 9.25. The van der Waals surface area contributed by atoms with E-state index in [9.17, 15) is 0 Å². The average Bonchev–Trinajstić information content (AvgIpc) is 2.82. The lowest BCUT2D eigenvalue weighted by molar-refractivity contribution is 0.428. The van der Waals surface area contributed by atoms with Crippen LogP contribution in [0.3, 0.4) is 0 Å². The van der Waals surface area contributed by atoms with Gasteiger partial charge in [-0.25, -0.2) is 0 Å². The van der Waals surface area contributed by atoms with Crippen LogP contribution in [0.4, 0.5) is 5.95 Å². The zero-order valence-corrected chi connectivity index (χ0v) is 11.3. The molecule has 4 nitrogen and oxygen atoms in total. The molecule has 1 fully saturated rings. The van der Waals surface area contributed by atoms with Crippen LogP contribution in [0.2, 0.25) is 0 Å². The zero-order valence-electron chi connectivity index (χ0n) is 11.3. The van der Waals surface area contributed by atoms with Gasteiger partial charge in [-0.15, -0.1) is 5.10 Å². The Morgan fingerprint density at radius 1 is 1.16 bits per heavy atom. The minimum absolute atomic E-state index is 0.487. The maximum Gasteiger partial charge on any atom is 0.223 e. The number of rotatable bonds is 2. The van der Waals surface area contributed by atoms with E-state index in [4.69, 9.17) is 5.73 Å². The topological polar surface area (TPSA) is 56.7 Å². The van der Waals surface area contributed by atoms with Crippen molar-refractivity contribution in [1.82, 2.24) is 14.8 Å². The molecule has 0 atom stereocenters. The number of nitrogen functional groups attached to an aromatic ring is 1. The molecule has 0 aliphatic heterocycles. The molecular formula is C15H20N4. The van der Waals surface area contributed by atoms with Gasteiger partial charge in [-0.05, 0) is 31.4 Å². The van der Waals surface area contributed by atoms with Gasteiger partial charge in [-0.3, -0.25) is 0 Å². The van der Waals surface area contributed by atoms with Gasteiger partial charge in [0.1, 0.15) is 0 Å². The molecule has 0 bridgehead atoms. The highest BCUT2D eigenvalue weighted by molar-refractivity contribution is 5.43. The summed E-state index contributed by atoms with van der Waals surface area (Å²) in [5, 5.41) is 4.65. The van der Waals surface area contributed by atoms with Crippen LogP contribution in [-0.4, -0.2) is 14.8 Å². The van der Waals surface area contributed by atoms with Gasteiger partial charge < -0.3 is 5.73 Å². The average molecular weight is 256 g/mol. The van der Waals surface area contributed by atoms with Gasteiger partial charge in [-0.1, -0.05) is 37.5 Å². The van der Waals surface area contributed by atoms with E-state index in [1.165, 1.54) is 32.1 Å². The Labute approximate surface area is 113 Å². The van der Waals surface area contributed by atoms with Gasteiger partial charge in [0, 0.05) is 5.92 Å². The minimum atomic E-state index is 0.487. The normalized spacial score (nSPS) is 16.7. The summed E-state index contributed by atoms with van der Waals surface area (Å²) in [6, 6.07) is 8.12. The monoisotopic (exact) mass is 256 g/mol. The Balaban J connectivity index is 1.95. The highest BCUT2D eigenvalue weighted by Crippen LogP contribution is 2.31. The van der Waals surface area contributed by atoms with Crippen molar-refractivity contribution in [3.05, 3.63) is 35.7 Å². The second kappa shape index (κ2) is 5.03. The fourth-order valence-electron chi connectivity index (χ4n) is 2.85.